The van der Waals surface area contributed by atoms with Gasteiger partial charge in [0, 0.05) is 0 Å². The molecule has 35 heavy (non-hydrogen) atoms. The highest BCUT2D eigenvalue weighted by Gasteiger charge is 2.90. The fourth-order valence-corrected chi connectivity index (χ4v) is 2.38. The maximum absolute atomic E-state index is 13.6. The molecule has 202 valence electrons. The molecule has 0 aliphatic rings. The van der Waals surface area contributed by atoms with Crippen LogP contribution in [0.1, 0.15) is 12.0 Å². The van der Waals surface area contributed by atoms with Gasteiger partial charge in [-0.15, -0.1) is 0 Å². The third-order valence-electron chi connectivity index (χ3n) is 4.46. The number of carbonyl (C=O) groups excluding carboxylic acids is 1. The van der Waals surface area contributed by atoms with Crippen molar-refractivity contribution >= 4 is 5.97 Å². The molecule has 0 aliphatic heterocycles. The number of carbonyl (C=O) groups is 1. The maximum atomic E-state index is 13.6. The zero-order valence-electron chi connectivity index (χ0n) is 16.6. The first-order chi connectivity index (χ1) is 15.4. The molecule has 0 saturated carbocycles. The minimum absolute atomic E-state index is 0.0501. The first kappa shape index (κ1) is 30.4. The fourth-order valence-electron chi connectivity index (χ4n) is 2.38. The van der Waals surface area contributed by atoms with Crippen LogP contribution in [0, 0.1) is 0 Å². The Bertz CT molecular complexity index is 918. The highest BCUT2D eigenvalue weighted by molar-refractivity contribution is 5.76. The molecule has 1 aromatic rings. The predicted octanol–water partition coefficient (Wildman–Crippen LogP) is 4.64. The second-order valence-electron chi connectivity index (χ2n) is 7.05. The Labute approximate surface area is 186 Å². The summed E-state index contributed by atoms with van der Waals surface area (Å²) in [4.78, 5) is 11.6. The van der Waals surface area contributed by atoms with Gasteiger partial charge in [-0.25, -0.2) is 0 Å². The van der Waals surface area contributed by atoms with E-state index >= 15 is 0 Å². The van der Waals surface area contributed by atoms with Crippen LogP contribution in [0.4, 0.5) is 57.1 Å². The molecule has 0 fully saturated rings. The summed E-state index contributed by atoms with van der Waals surface area (Å²) in [6.07, 6.45) is -10.7. The third-order valence-corrected chi connectivity index (χ3v) is 4.46. The van der Waals surface area contributed by atoms with Crippen LogP contribution < -0.4 is 5.73 Å². The second-order valence-corrected chi connectivity index (χ2v) is 7.05. The van der Waals surface area contributed by atoms with Crippen molar-refractivity contribution in [3.63, 3.8) is 0 Å². The number of ether oxygens (including phenoxy) is 1. The number of aromatic hydroxyl groups is 2. The van der Waals surface area contributed by atoms with Gasteiger partial charge in [0.2, 0.25) is 0 Å². The van der Waals surface area contributed by atoms with Gasteiger partial charge in [-0.2, -0.15) is 57.1 Å². The minimum atomic E-state index is -8.01. The lowest BCUT2D eigenvalue weighted by Gasteiger charge is -2.39. The molecule has 0 aliphatic carbocycles. The molecule has 1 aromatic carbocycles. The Hall–Kier alpha value is -2.66. The highest BCUT2D eigenvalue weighted by atomic mass is 19.4. The number of alkyl halides is 13. The molecule has 5 nitrogen and oxygen atoms in total. The van der Waals surface area contributed by atoms with E-state index in [1.54, 1.807) is 0 Å². The summed E-state index contributed by atoms with van der Waals surface area (Å²) in [5.41, 5.74) is 5.37. The lowest BCUT2D eigenvalue weighted by atomic mass is 9.93. The first-order valence-corrected chi connectivity index (χ1v) is 8.83. The molecule has 0 heterocycles. The number of halogens is 13. The van der Waals surface area contributed by atoms with Gasteiger partial charge in [-0.05, 0) is 24.1 Å². The summed E-state index contributed by atoms with van der Waals surface area (Å²) < 4.78 is 173. The normalized spacial score (nSPS) is 15.1. The van der Waals surface area contributed by atoms with Crippen LogP contribution in [0.3, 0.4) is 0 Å². The molecule has 0 radical (unpaired) electrons. The Balaban J connectivity index is 2.94. The number of esters is 1. The topological polar surface area (TPSA) is 92.8 Å². The van der Waals surface area contributed by atoms with Crippen LogP contribution in [0.15, 0.2) is 18.2 Å². The smallest absolute Gasteiger partial charge is 0.460 e. The number of hydrogen-bond acceptors (Lipinski definition) is 5. The molecule has 18 heteroatoms. The lowest BCUT2D eigenvalue weighted by molar-refractivity contribution is -0.440. The van der Waals surface area contributed by atoms with Crippen molar-refractivity contribution in [1.29, 1.82) is 0 Å². The summed E-state index contributed by atoms with van der Waals surface area (Å²) in [7, 11) is 0. The number of benzene rings is 1. The SMILES string of the molecule is NC(Cc1ccc(O)c(O)c1)C(=O)OCCC(F)(F)C(F)(F)C(F)(F)C(F)(F)C(F)(F)C(F)(F)F. The van der Waals surface area contributed by atoms with Crippen LogP contribution in [0.25, 0.3) is 0 Å². The number of nitrogens with two attached hydrogens (primary N) is 1. The number of hydrogen-bond donors (Lipinski definition) is 3. The molecule has 0 aromatic heterocycles. The van der Waals surface area contributed by atoms with E-state index in [1.165, 1.54) is 0 Å². The van der Waals surface area contributed by atoms with Gasteiger partial charge in [0.25, 0.3) is 0 Å². The molecule has 0 bridgehead atoms. The van der Waals surface area contributed by atoms with Crippen molar-refractivity contribution in [3.05, 3.63) is 23.8 Å². The summed E-state index contributed by atoms with van der Waals surface area (Å²) in [5.74, 6) is -40.5. The summed E-state index contributed by atoms with van der Waals surface area (Å²) in [6, 6.07) is 1.21. The average molecular weight is 543 g/mol. The van der Waals surface area contributed by atoms with Crippen LogP contribution in [0.2, 0.25) is 0 Å². The van der Waals surface area contributed by atoms with E-state index in [2.05, 4.69) is 4.74 Å². The zero-order valence-corrected chi connectivity index (χ0v) is 16.6. The van der Waals surface area contributed by atoms with E-state index < -0.39 is 78.7 Å². The van der Waals surface area contributed by atoms with Gasteiger partial charge in [-0.1, -0.05) is 6.07 Å². The fraction of sp³-hybridized carbons (Fsp3) is 0.588. The molecular formula is C17H14F13NO4. The molecule has 1 atom stereocenters. The van der Waals surface area contributed by atoms with Crippen molar-refractivity contribution in [1.82, 2.24) is 0 Å². The predicted molar refractivity (Wildman–Crippen MR) is 87.8 cm³/mol. The van der Waals surface area contributed by atoms with E-state index in [0.717, 1.165) is 18.2 Å². The van der Waals surface area contributed by atoms with Gasteiger partial charge in [0.15, 0.2) is 11.5 Å². The van der Waals surface area contributed by atoms with Crippen molar-refractivity contribution in [2.75, 3.05) is 6.61 Å². The molecule has 1 unspecified atom stereocenters. The van der Waals surface area contributed by atoms with Gasteiger partial charge >= 0.3 is 41.8 Å². The summed E-state index contributed by atoms with van der Waals surface area (Å²) in [6.45, 7) is -1.92. The molecule has 1 rings (SSSR count). The molecule has 0 spiro atoms. The lowest BCUT2D eigenvalue weighted by Crippen LogP contribution is -2.70. The van der Waals surface area contributed by atoms with Crippen LogP contribution in [-0.4, -0.2) is 64.6 Å². The summed E-state index contributed by atoms with van der Waals surface area (Å²) in [5, 5.41) is 18.4. The van der Waals surface area contributed by atoms with Crippen LogP contribution in [0.5, 0.6) is 11.5 Å². The minimum Gasteiger partial charge on any atom is -0.504 e. The van der Waals surface area contributed by atoms with Gasteiger partial charge in [-0.3, -0.25) is 4.79 Å². The second kappa shape index (κ2) is 9.42. The Kier molecular flexibility index (Phi) is 8.17. The zero-order chi connectivity index (χ0) is 27.8. The monoisotopic (exact) mass is 543 g/mol. The average Bonchev–Trinajstić information content (AvgIpc) is 2.69. The molecule has 0 saturated heterocycles. The summed E-state index contributed by atoms with van der Waals surface area (Å²) >= 11 is 0. The van der Waals surface area contributed by atoms with Gasteiger partial charge < -0.3 is 20.7 Å². The molecule has 0 amide bonds. The first-order valence-electron chi connectivity index (χ1n) is 8.83. The van der Waals surface area contributed by atoms with Crippen molar-refractivity contribution in [2.24, 2.45) is 5.73 Å². The number of phenolic OH excluding ortho intramolecular Hbond substituents is 2. The quantitative estimate of drug-likeness (QED) is 0.227. The van der Waals surface area contributed by atoms with Crippen LogP contribution in [-0.2, 0) is 16.0 Å². The van der Waals surface area contributed by atoms with E-state index in [1.807, 2.05) is 0 Å². The van der Waals surface area contributed by atoms with Crippen LogP contribution >= 0.6 is 0 Å². The Morgan fingerprint density at radius 1 is 0.800 bits per heavy atom. The standard InChI is InChI=1S/C17H14F13NO4/c18-12(19,13(20,21)14(22,23)15(24,25)16(26,27)17(28,29)30)3-4-35-11(34)8(31)5-7-1-2-9(32)10(33)6-7/h1-2,6,8,32-33H,3-5,31H2. The number of phenols is 2. The third kappa shape index (κ3) is 5.45. The highest BCUT2D eigenvalue weighted by Crippen LogP contribution is 2.60. The van der Waals surface area contributed by atoms with Crippen molar-refractivity contribution in [3.8, 4) is 11.5 Å². The Morgan fingerprint density at radius 2 is 1.29 bits per heavy atom. The van der Waals surface area contributed by atoms with E-state index in [4.69, 9.17) is 10.8 Å². The van der Waals surface area contributed by atoms with Crippen molar-refractivity contribution in [2.45, 2.75) is 54.7 Å². The number of rotatable bonds is 10. The molecular weight excluding hydrogens is 529 g/mol. The van der Waals surface area contributed by atoms with Gasteiger partial charge in [0.1, 0.15) is 6.04 Å². The van der Waals surface area contributed by atoms with E-state index in [-0.39, 0.29) is 5.56 Å². The largest absolute Gasteiger partial charge is 0.504 e. The maximum Gasteiger partial charge on any atom is 0.460 e. The molecule has 4 N–H and O–H groups in total. The Morgan fingerprint density at radius 3 is 1.74 bits per heavy atom. The van der Waals surface area contributed by atoms with Gasteiger partial charge in [0.05, 0.1) is 13.0 Å². The van der Waals surface area contributed by atoms with E-state index in [0.29, 0.717) is 0 Å². The van der Waals surface area contributed by atoms with E-state index in [9.17, 15) is 67.0 Å². The van der Waals surface area contributed by atoms with Crippen molar-refractivity contribution < 1.29 is 76.8 Å².